The van der Waals surface area contributed by atoms with Crippen LogP contribution in [0.4, 0.5) is 0 Å². The Morgan fingerprint density at radius 1 is 1.07 bits per heavy atom. The van der Waals surface area contributed by atoms with Gasteiger partial charge in [0, 0.05) is 23.4 Å². The lowest BCUT2D eigenvalue weighted by Gasteiger charge is -2.19. The van der Waals surface area contributed by atoms with E-state index in [9.17, 15) is 9.90 Å². The summed E-state index contributed by atoms with van der Waals surface area (Å²) in [5.74, 6) is 1.13. The van der Waals surface area contributed by atoms with Gasteiger partial charge in [0.2, 0.25) is 5.88 Å². The zero-order valence-corrected chi connectivity index (χ0v) is 17.7. The molecule has 1 aromatic heterocycles. The largest absolute Gasteiger partial charge is 0.493 e. The first kappa shape index (κ1) is 21.7. The van der Waals surface area contributed by atoms with E-state index in [-0.39, 0.29) is 19.1 Å². The standard InChI is InChI=1S/C22H23ClN2O5/c1-22(2,27)14-30-18-9-8-17(12-19(18)28-3)25-11-10-20(24-21(25)26)29-13-15-4-6-16(23)7-5-15/h4-12,27H,13-14H2,1-3H3. The Morgan fingerprint density at radius 2 is 1.80 bits per heavy atom. The minimum absolute atomic E-state index is 0.101. The topological polar surface area (TPSA) is 82.8 Å². The van der Waals surface area contributed by atoms with Crippen molar-refractivity contribution in [2.75, 3.05) is 13.7 Å². The highest BCUT2D eigenvalue weighted by atomic mass is 35.5. The quantitative estimate of drug-likeness (QED) is 0.587. The van der Waals surface area contributed by atoms with Gasteiger partial charge in [0.1, 0.15) is 13.2 Å². The highest BCUT2D eigenvalue weighted by molar-refractivity contribution is 6.30. The molecule has 0 saturated heterocycles. The number of benzene rings is 2. The van der Waals surface area contributed by atoms with Gasteiger partial charge in [-0.2, -0.15) is 4.98 Å². The molecule has 0 aliphatic rings. The van der Waals surface area contributed by atoms with E-state index < -0.39 is 11.3 Å². The molecule has 0 bridgehead atoms. The predicted octanol–water partition coefficient (Wildman–Crippen LogP) is 3.62. The molecule has 0 aliphatic carbocycles. The second-order valence-corrected chi connectivity index (χ2v) is 7.71. The first-order valence-electron chi connectivity index (χ1n) is 9.26. The van der Waals surface area contributed by atoms with Crippen LogP contribution >= 0.6 is 11.6 Å². The molecule has 0 unspecified atom stereocenters. The van der Waals surface area contributed by atoms with E-state index in [1.165, 1.54) is 11.7 Å². The van der Waals surface area contributed by atoms with Gasteiger partial charge in [0.15, 0.2) is 11.5 Å². The number of methoxy groups -OCH3 is 1. The molecule has 3 aromatic rings. The van der Waals surface area contributed by atoms with Crippen molar-refractivity contribution in [3.8, 4) is 23.1 Å². The Hall–Kier alpha value is -3.03. The van der Waals surface area contributed by atoms with Crippen LogP contribution in [0.3, 0.4) is 0 Å². The molecule has 158 valence electrons. The molecule has 1 N–H and O–H groups in total. The van der Waals surface area contributed by atoms with Crippen LogP contribution in [-0.2, 0) is 6.61 Å². The summed E-state index contributed by atoms with van der Waals surface area (Å²) in [5.41, 5.74) is 0.00336. The van der Waals surface area contributed by atoms with Gasteiger partial charge in [-0.1, -0.05) is 23.7 Å². The summed E-state index contributed by atoms with van der Waals surface area (Å²) in [7, 11) is 1.50. The Labute approximate surface area is 179 Å². The van der Waals surface area contributed by atoms with Crippen molar-refractivity contribution < 1.29 is 19.3 Å². The van der Waals surface area contributed by atoms with Crippen molar-refractivity contribution in [2.45, 2.75) is 26.1 Å². The molecule has 0 radical (unpaired) electrons. The van der Waals surface area contributed by atoms with Crippen molar-refractivity contribution in [3.05, 3.63) is 75.8 Å². The number of halogens is 1. The number of hydrogen-bond donors (Lipinski definition) is 1. The minimum Gasteiger partial charge on any atom is -0.493 e. The molecule has 7 nitrogen and oxygen atoms in total. The lowest BCUT2D eigenvalue weighted by molar-refractivity contribution is 0.0276. The monoisotopic (exact) mass is 430 g/mol. The highest BCUT2D eigenvalue weighted by Gasteiger charge is 2.16. The molecule has 0 spiro atoms. The first-order valence-corrected chi connectivity index (χ1v) is 9.63. The van der Waals surface area contributed by atoms with Gasteiger partial charge in [-0.15, -0.1) is 0 Å². The molecular formula is C22H23ClN2O5. The normalized spacial score (nSPS) is 11.2. The average molecular weight is 431 g/mol. The first-order chi connectivity index (χ1) is 14.2. The summed E-state index contributed by atoms with van der Waals surface area (Å²) >= 11 is 5.87. The molecule has 3 rings (SSSR count). The van der Waals surface area contributed by atoms with Crippen LogP contribution in [0.1, 0.15) is 19.4 Å². The summed E-state index contributed by atoms with van der Waals surface area (Å²) in [4.78, 5) is 16.5. The second-order valence-electron chi connectivity index (χ2n) is 7.27. The molecule has 0 atom stereocenters. The summed E-state index contributed by atoms with van der Waals surface area (Å²) < 4.78 is 17.9. The van der Waals surface area contributed by atoms with Crippen molar-refractivity contribution in [2.24, 2.45) is 0 Å². The molecule has 0 amide bonds. The third-order valence-corrected chi connectivity index (χ3v) is 4.34. The number of rotatable bonds is 8. The third kappa shape index (κ3) is 5.75. The summed E-state index contributed by atoms with van der Waals surface area (Å²) in [6, 6.07) is 13.9. The van der Waals surface area contributed by atoms with E-state index in [1.54, 1.807) is 56.4 Å². The van der Waals surface area contributed by atoms with Gasteiger partial charge in [-0.05, 0) is 43.7 Å². The summed E-state index contributed by atoms with van der Waals surface area (Å²) in [6.07, 6.45) is 1.58. The van der Waals surface area contributed by atoms with Crippen molar-refractivity contribution in [3.63, 3.8) is 0 Å². The van der Waals surface area contributed by atoms with Gasteiger partial charge in [-0.3, -0.25) is 4.57 Å². The zero-order valence-electron chi connectivity index (χ0n) is 17.0. The van der Waals surface area contributed by atoms with E-state index in [1.807, 2.05) is 12.1 Å². The van der Waals surface area contributed by atoms with E-state index >= 15 is 0 Å². The van der Waals surface area contributed by atoms with Gasteiger partial charge >= 0.3 is 5.69 Å². The van der Waals surface area contributed by atoms with Gasteiger partial charge < -0.3 is 19.3 Å². The maximum atomic E-state index is 12.5. The van der Waals surface area contributed by atoms with Crippen molar-refractivity contribution in [1.82, 2.24) is 9.55 Å². The predicted molar refractivity (Wildman–Crippen MR) is 114 cm³/mol. The molecule has 0 fully saturated rings. The van der Waals surface area contributed by atoms with E-state index in [2.05, 4.69) is 4.98 Å². The molecule has 0 saturated carbocycles. The fraction of sp³-hybridized carbons (Fsp3) is 0.273. The van der Waals surface area contributed by atoms with Crippen molar-refractivity contribution >= 4 is 11.6 Å². The van der Waals surface area contributed by atoms with Crippen molar-refractivity contribution in [1.29, 1.82) is 0 Å². The van der Waals surface area contributed by atoms with E-state index in [0.717, 1.165) is 5.56 Å². The van der Waals surface area contributed by atoms with E-state index in [4.69, 9.17) is 25.8 Å². The van der Waals surface area contributed by atoms with Gasteiger partial charge in [0.25, 0.3) is 0 Å². The van der Waals surface area contributed by atoms with Crippen LogP contribution in [0, 0.1) is 0 Å². The average Bonchev–Trinajstić information content (AvgIpc) is 2.71. The molecule has 1 heterocycles. The van der Waals surface area contributed by atoms with Crippen LogP contribution in [-0.4, -0.2) is 34.0 Å². The summed E-state index contributed by atoms with van der Waals surface area (Å²) in [5, 5.41) is 10.5. The maximum Gasteiger partial charge on any atom is 0.355 e. The Balaban J connectivity index is 1.75. The van der Waals surface area contributed by atoms with Crippen LogP contribution < -0.4 is 19.9 Å². The Bertz CT molecular complexity index is 1060. The van der Waals surface area contributed by atoms with Gasteiger partial charge in [-0.25, -0.2) is 4.79 Å². The van der Waals surface area contributed by atoms with Crippen LogP contribution in [0.2, 0.25) is 5.02 Å². The third-order valence-electron chi connectivity index (χ3n) is 4.08. The van der Waals surface area contributed by atoms with Crippen LogP contribution in [0.25, 0.3) is 5.69 Å². The molecule has 8 heteroatoms. The highest BCUT2D eigenvalue weighted by Crippen LogP contribution is 2.30. The van der Waals surface area contributed by atoms with Crippen LogP contribution in [0.5, 0.6) is 17.4 Å². The molecular weight excluding hydrogens is 408 g/mol. The van der Waals surface area contributed by atoms with E-state index in [0.29, 0.717) is 22.2 Å². The summed E-state index contributed by atoms with van der Waals surface area (Å²) in [6.45, 7) is 3.67. The second kappa shape index (κ2) is 9.19. The number of nitrogens with zero attached hydrogens (tertiary/aromatic N) is 2. The number of hydrogen-bond acceptors (Lipinski definition) is 6. The number of ether oxygens (including phenoxy) is 3. The number of aliphatic hydroxyl groups is 1. The van der Waals surface area contributed by atoms with Crippen LogP contribution in [0.15, 0.2) is 59.5 Å². The molecule has 30 heavy (non-hydrogen) atoms. The lowest BCUT2D eigenvalue weighted by Crippen LogP contribution is -2.28. The Morgan fingerprint density at radius 3 is 2.43 bits per heavy atom. The fourth-order valence-electron chi connectivity index (χ4n) is 2.58. The molecule has 0 aliphatic heterocycles. The fourth-order valence-corrected chi connectivity index (χ4v) is 2.71. The SMILES string of the molecule is COc1cc(-n2ccc(OCc3ccc(Cl)cc3)nc2=O)ccc1OCC(C)(C)O. The maximum absolute atomic E-state index is 12.5. The smallest absolute Gasteiger partial charge is 0.355 e. The number of aromatic nitrogens is 2. The zero-order chi connectivity index (χ0) is 21.7. The Kier molecular flexibility index (Phi) is 6.64. The minimum atomic E-state index is -0.980. The van der Waals surface area contributed by atoms with Gasteiger partial charge in [0.05, 0.1) is 18.4 Å². The lowest BCUT2D eigenvalue weighted by atomic mass is 10.2. The molecule has 2 aromatic carbocycles.